The van der Waals surface area contributed by atoms with E-state index in [1.165, 1.54) is 25.5 Å². The smallest absolute Gasteiger partial charge is 0.252 e. The quantitative estimate of drug-likeness (QED) is 0.820. The monoisotopic (exact) mass is 238 g/mol. The molecule has 0 aliphatic heterocycles. The molecular weight excluding hydrogens is 224 g/mol. The van der Waals surface area contributed by atoms with Gasteiger partial charge in [-0.05, 0) is 24.5 Å². The molecule has 4 heteroatoms. The van der Waals surface area contributed by atoms with Gasteiger partial charge in [-0.1, -0.05) is 30.9 Å². The van der Waals surface area contributed by atoms with Crippen LogP contribution in [0.4, 0.5) is 0 Å². The van der Waals surface area contributed by atoms with Crippen LogP contribution in [0, 0.1) is 5.92 Å². The Kier molecular flexibility index (Phi) is 3.78. The van der Waals surface area contributed by atoms with Crippen molar-refractivity contribution in [2.75, 3.05) is 6.54 Å². The lowest BCUT2D eigenvalue weighted by molar-refractivity contribution is 0.0948. The third-order valence-electron chi connectivity index (χ3n) is 3.05. The minimum atomic E-state index is -0.0662. The van der Waals surface area contributed by atoms with Gasteiger partial charge in [-0.2, -0.15) is 0 Å². The first kappa shape index (κ1) is 11.4. The summed E-state index contributed by atoms with van der Waals surface area (Å²) in [7, 11) is 0. The second-order valence-electron chi connectivity index (χ2n) is 4.21. The van der Waals surface area contributed by atoms with Gasteiger partial charge in [0.15, 0.2) is 0 Å². The van der Waals surface area contributed by atoms with E-state index >= 15 is 0 Å². The molecule has 1 aliphatic rings. The van der Waals surface area contributed by atoms with Crippen molar-refractivity contribution < 1.29 is 4.79 Å². The molecule has 2 rings (SSSR count). The Morgan fingerprint density at radius 3 is 2.88 bits per heavy atom. The molecule has 86 valence electrons. The molecule has 3 nitrogen and oxygen atoms in total. The van der Waals surface area contributed by atoms with Crippen molar-refractivity contribution in [3.8, 4) is 0 Å². The summed E-state index contributed by atoms with van der Waals surface area (Å²) in [4.78, 5) is 15.5. The molecule has 1 N–H and O–H groups in total. The molecular formula is C12H15ClN2O. The third kappa shape index (κ3) is 2.95. The van der Waals surface area contributed by atoms with Crippen LogP contribution in [0.15, 0.2) is 18.3 Å². The Morgan fingerprint density at radius 2 is 2.31 bits per heavy atom. The Bertz CT molecular complexity index is 360. The van der Waals surface area contributed by atoms with E-state index in [0.717, 1.165) is 18.9 Å². The first-order valence-corrected chi connectivity index (χ1v) is 6.03. The van der Waals surface area contributed by atoms with E-state index in [0.29, 0.717) is 10.7 Å². The van der Waals surface area contributed by atoms with Crippen molar-refractivity contribution in [3.05, 3.63) is 29.0 Å². The zero-order valence-electron chi connectivity index (χ0n) is 9.08. The predicted octanol–water partition coefficient (Wildman–Crippen LogP) is 2.66. The van der Waals surface area contributed by atoms with Crippen molar-refractivity contribution in [2.24, 2.45) is 5.92 Å². The Hall–Kier alpha value is -1.09. The Labute approximate surface area is 100 Å². The fraction of sp³-hybridized carbons (Fsp3) is 0.500. The number of carbonyl (C=O) groups is 1. The molecule has 0 atom stereocenters. The summed E-state index contributed by atoms with van der Waals surface area (Å²) in [5.74, 6) is 0.757. The van der Waals surface area contributed by atoms with Crippen LogP contribution >= 0.6 is 11.6 Å². The molecule has 1 aromatic heterocycles. The van der Waals surface area contributed by atoms with E-state index in [9.17, 15) is 4.79 Å². The molecule has 0 aromatic carbocycles. The molecule has 0 spiro atoms. The van der Waals surface area contributed by atoms with Gasteiger partial charge in [0.25, 0.3) is 5.91 Å². The highest BCUT2D eigenvalue weighted by Gasteiger charge is 2.17. The van der Waals surface area contributed by atoms with Gasteiger partial charge in [0.05, 0.1) is 5.56 Å². The lowest BCUT2D eigenvalue weighted by Gasteiger charge is -2.25. The molecule has 0 radical (unpaired) electrons. The molecule has 1 fully saturated rings. The molecule has 16 heavy (non-hydrogen) atoms. The molecule has 1 saturated carbocycles. The minimum absolute atomic E-state index is 0.0662. The van der Waals surface area contributed by atoms with Gasteiger partial charge >= 0.3 is 0 Å². The average Bonchev–Trinajstić information content (AvgIpc) is 2.22. The molecule has 1 aromatic rings. The standard InChI is InChI=1S/C12H15ClN2O/c13-11-5-4-10(8-15-11)12(16)14-7-6-9-2-1-3-9/h4-5,8-9H,1-3,6-7H2,(H,14,16). The van der Waals surface area contributed by atoms with Gasteiger partial charge in [-0.15, -0.1) is 0 Å². The topological polar surface area (TPSA) is 42.0 Å². The van der Waals surface area contributed by atoms with E-state index < -0.39 is 0 Å². The normalized spacial score (nSPS) is 15.6. The highest BCUT2D eigenvalue weighted by Crippen LogP contribution is 2.28. The molecule has 1 amide bonds. The summed E-state index contributed by atoms with van der Waals surface area (Å²) in [6.45, 7) is 0.756. The number of hydrogen-bond donors (Lipinski definition) is 1. The highest BCUT2D eigenvalue weighted by molar-refractivity contribution is 6.29. The van der Waals surface area contributed by atoms with Gasteiger partial charge in [0.1, 0.15) is 5.15 Å². The van der Waals surface area contributed by atoms with Crippen molar-refractivity contribution in [3.63, 3.8) is 0 Å². The Morgan fingerprint density at radius 1 is 1.50 bits per heavy atom. The number of halogens is 1. The van der Waals surface area contributed by atoms with Crippen LogP contribution in [-0.2, 0) is 0 Å². The van der Waals surface area contributed by atoms with Gasteiger partial charge in [0.2, 0.25) is 0 Å². The summed E-state index contributed by atoms with van der Waals surface area (Å²) in [6.07, 6.45) is 6.57. The number of nitrogens with one attached hydrogen (secondary N) is 1. The van der Waals surface area contributed by atoms with E-state index in [4.69, 9.17) is 11.6 Å². The molecule has 0 saturated heterocycles. The van der Waals surface area contributed by atoms with Crippen LogP contribution < -0.4 is 5.32 Å². The maximum absolute atomic E-state index is 11.6. The average molecular weight is 239 g/mol. The summed E-state index contributed by atoms with van der Waals surface area (Å²) in [5, 5.41) is 3.30. The van der Waals surface area contributed by atoms with Crippen molar-refractivity contribution in [1.82, 2.24) is 10.3 Å². The lowest BCUT2D eigenvalue weighted by atomic mass is 9.83. The van der Waals surface area contributed by atoms with E-state index in [1.807, 2.05) is 0 Å². The van der Waals surface area contributed by atoms with E-state index in [1.54, 1.807) is 12.1 Å². The van der Waals surface area contributed by atoms with Gasteiger partial charge in [-0.25, -0.2) is 4.98 Å². The summed E-state index contributed by atoms with van der Waals surface area (Å²) < 4.78 is 0. The summed E-state index contributed by atoms with van der Waals surface area (Å²) in [6, 6.07) is 3.32. The molecule has 0 bridgehead atoms. The number of aromatic nitrogens is 1. The molecule has 1 heterocycles. The van der Waals surface area contributed by atoms with Gasteiger partial charge < -0.3 is 5.32 Å². The lowest BCUT2D eigenvalue weighted by Crippen LogP contribution is -2.27. The second-order valence-corrected chi connectivity index (χ2v) is 4.60. The zero-order chi connectivity index (χ0) is 11.4. The fourth-order valence-corrected chi connectivity index (χ4v) is 1.90. The predicted molar refractivity (Wildman–Crippen MR) is 63.5 cm³/mol. The van der Waals surface area contributed by atoms with Crippen LogP contribution in [-0.4, -0.2) is 17.4 Å². The van der Waals surface area contributed by atoms with Gasteiger partial charge in [0, 0.05) is 12.7 Å². The fourth-order valence-electron chi connectivity index (χ4n) is 1.78. The largest absolute Gasteiger partial charge is 0.352 e. The molecule has 0 unspecified atom stereocenters. The van der Waals surface area contributed by atoms with Crippen LogP contribution in [0.3, 0.4) is 0 Å². The van der Waals surface area contributed by atoms with Crippen molar-refractivity contribution in [1.29, 1.82) is 0 Å². The van der Waals surface area contributed by atoms with Gasteiger partial charge in [-0.3, -0.25) is 4.79 Å². The summed E-state index contributed by atoms with van der Waals surface area (Å²) >= 11 is 5.65. The van der Waals surface area contributed by atoms with E-state index in [-0.39, 0.29) is 5.91 Å². The minimum Gasteiger partial charge on any atom is -0.352 e. The van der Waals surface area contributed by atoms with Crippen LogP contribution in [0.2, 0.25) is 5.15 Å². The highest BCUT2D eigenvalue weighted by atomic mass is 35.5. The third-order valence-corrected chi connectivity index (χ3v) is 3.28. The maximum atomic E-state index is 11.6. The van der Waals surface area contributed by atoms with Crippen molar-refractivity contribution in [2.45, 2.75) is 25.7 Å². The second kappa shape index (κ2) is 5.30. The van der Waals surface area contributed by atoms with Crippen LogP contribution in [0.1, 0.15) is 36.0 Å². The number of rotatable bonds is 4. The molecule has 1 aliphatic carbocycles. The number of pyridine rings is 1. The van der Waals surface area contributed by atoms with E-state index in [2.05, 4.69) is 10.3 Å². The number of hydrogen-bond acceptors (Lipinski definition) is 2. The number of amides is 1. The first-order chi connectivity index (χ1) is 7.75. The zero-order valence-corrected chi connectivity index (χ0v) is 9.83. The van der Waals surface area contributed by atoms with Crippen LogP contribution in [0.5, 0.6) is 0 Å². The van der Waals surface area contributed by atoms with Crippen LogP contribution in [0.25, 0.3) is 0 Å². The van der Waals surface area contributed by atoms with Crippen molar-refractivity contribution >= 4 is 17.5 Å². The first-order valence-electron chi connectivity index (χ1n) is 5.65. The maximum Gasteiger partial charge on any atom is 0.252 e. The summed E-state index contributed by atoms with van der Waals surface area (Å²) in [5.41, 5.74) is 0.568. The Balaban J connectivity index is 1.76. The SMILES string of the molecule is O=C(NCCC1CCC1)c1ccc(Cl)nc1. The number of nitrogens with zero attached hydrogens (tertiary/aromatic N) is 1. The number of carbonyl (C=O) groups excluding carboxylic acids is 1.